The van der Waals surface area contributed by atoms with Gasteiger partial charge in [0.25, 0.3) is 0 Å². The highest BCUT2D eigenvalue weighted by atomic mass is 32.2. The van der Waals surface area contributed by atoms with Gasteiger partial charge in [-0.3, -0.25) is 0 Å². The smallest absolute Gasteiger partial charge is 0.410 e. The van der Waals surface area contributed by atoms with Crippen molar-refractivity contribution in [1.29, 1.82) is 0 Å². The van der Waals surface area contributed by atoms with Gasteiger partial charge in [-0.1, -0.05) is 6.42 Å². The van der Waals surface area contributed by atoms with E-state index in [1.807, 2.05) is 25.7 Å². The second-order valence-corrected chi connectivity index (χ2v) is 9.42. The monoisotopic (exact) mass is 342 g/mol. The van der Waals surface area contributed by atoms with E-state index in [0.29, 0.717) is 12.0 Å². The summed E-state index contributed by atoms with van der Waals surface area (Å²) in [5.74, 6) is 1.85. The average molecular weight is 343 g/mol. The van der Waals surface area contributed by atoms with Crippen LogP contribution in [0.1, 0.15) is 59.8 Å². The molecule has 23 heavy (non-hydrogen) atoms. The van der Waals surface area contributed by atoms with Crippen LogP contribution in [0.15, 0.2) is 0 Å². The standard InChI is InChI=1S/C18H34N2O2S/c1-14(19-12-16-9-5-6-11-23-16)15-8-7-10-20(13-15)17(21)22-18(2,3)4/h14-16,19H,5-13H2,1-4H3. The fraction of sp³-hybridized carbons (Fsp3) is 0.944. The fourth-order valence-electron chi connectivity index (χ4n) is 3.36. The van der Waals surface area contributed by atoms with Crippen molar-refractivity contribution in [3.05, 3.63) is 0 Å². The van der Waals surface area contributed by atoms with Crippen molar-refractivity contribution in [3.8, 4) is 0 Å². The molecular formula is C18H34N2O2S. The van der Waals surface area contributed by atoms with Gasteiger partial charge in [0.2, 0.25) is 0 Å². The largest absolute Gasteiger partial charge is 0.444 e. The lowest BCUT2D eigenvalue weighted by molar-refractivity contribution is 0.0148. The molecule has 0 spiro atoms. The van der Waals surface area contributed by atoms with Crippen molar-refractivity contribution in [2.24, 2.45) is 5.92 Å². The number of nitrogens with zero attached hydrogens (tertiary/aromatic N) is 1. The van der Waals surface area contributed by atoms with Gasteiger partial charge in [0, 0.05) is 30.9 Å². The predicted molar refractivity (Wildman–Crippen MR) is 98.1 cm³/mol. The highest BCUT2D eigenvalue weighted by molar-refractivity contribution is 7.99. The molecule has 134 valence electrons. The molecule has 2 saturated heterocycles. The first-order chi connectivity index (χ1) is 10.8. The van der Waals surface area contributed by atoms with Crippen LogP contribution in [0.5, 0.6) is 0 Å². The lowest BCUT2D eigenvalue weighted by atomic mass is 9.91. The highest BCUT2D eigenvalue weighted by Gasteiger charge is 2.30. The van der Waals surface area contributed by atoms with Gasteiger partial charge < -0.3 is 15.0 Å². The maximum absolute atomic E-state index is 12.3. The molecule has 1 N–H and O–H groups in total. The number of nitrogens with one attached hydrogen (secondary N) is 1. The Morgan fingerprint density at radius 3 is 2.74 bits per heavy atom. The molecule has 0 aromatic heterocycles. The van der Waals surface area contributed by atoms with E-state index in [1.54, 1.807) is 0 Å². The van der Waals surface area contributed by atoms with Crippen LogP contribution in [0.3, 0.4) is 0 Å². The Hall–Kier alpha value is -0.420. The molecule has 0 saturated carbocycles. The predicted octanol–water partition coefficient (Wildman–Crippen LogP) is 3.90. The number of likely N-dealkylation sites (tertiary alicyclic amines) is 1. The lowest BCUT2D eigenvalue weighted by Crippen LogP contribution is -2.48. The molecule has 5 heteroatoms. The first kappa shape index (κ1) is 18.9. The van der Waals surface area contributed by atoms with Crippen molar-refractivity contribution in [2.45, 2.75) is 76.7 Å². The third-order valence-corrected chi connectivity index (χ3v) is 6.16. The zero-order chi connectivity index (χ0) is 16.9. The number of hydrogen-bond acceptors (Lipinski definition) is 4. The summed E-state index contributed by atoms with van der Waals surface area (Å²) in [4.78, 5) is 14.2. The number of ether oxygens (including phenoxy) is 1. The minimum absolute atomic E-state index is 0.155. The molecule has 2 rings (SSSR count). The number of rotatable bonds is 4. The van der Waals surface area contributed by atoms with Crippen LogP contribution >= 0.6 is 11.8 Å². The molecule has 0 bridgehead atoms. The molecule has 2 fully saturated rings. The zero-order valence-electron chi connectivity index (χ0n) is 15.3. The molecule has 0 aromatic rings. The summed E-state index contributed by atoms with van der Waals surface area (Å²) >= 11 is 2.12. The van der Waals surface area contributed by atoms with Gasteiger partial charge in [-0.25, -0.2) is 4.79 Å². The number of thioether (sulfide) groups is 1. The van der Waals surface area contributed by atoms with Crippen molar-refractivity contribution in [1.82, 2.24) is 10.2 Å². The number of carbonyl (C=O) groups excluding carboxylic acids is 1. The SMILES string of the molecule is CC(NCC1CCCCS1)C1CCCN(C(=O)OC(C)(C)C)C1. The van der Waals surface area contributed by atoms with E-state index in [9.17, 15) is 4.79 Å². The molecule has 2 aliphatic heterocycles. The molecule has 2 heterocycles. The van der Waals surface area contributed by atoms with Crippen LogP contribution in [0.2, 0.25) is 0 Å². The van der Waals surface area contributed by atoms with E-state index in [4.69, 9.17) is 4.74 Å². The van der Waals surface area contributed by atoms with Gasteiger partial charge in [0.05, 0.1) is 0 Å². The van der Waals surface area contributed by atoms with E-state index in [2.05, 4.69) is 24.0 Å². The summed E-state index contributed by atoms with van der Waals surface area (Å²) in [5.41, 5.74) is -0.411. The molecule has 3 atom stereocenters. The van der Waals surface area contributed by atoms with Crippen molar-refractivity contribution in [3.63, 3.8) is 0 Å². The Morgan fingerprint density at radius 2 is 2.09 bits per heavy atom. The van der Waals surface area contributed by atoms with E-state index in [-0.39, 0.29) is 6.09 Å². The zero-order valence-corrected chi connectivity index (χ0v) is 16.1. The quantitative estimate of drug-likeness (QED) is 0.841. The summed E-state index contributed by atoms with van der Waals surface area (Å²) in [6.07, 6.45) is 6.23. The minimum atomic E-state index is -0.411. The molecule has 0 radical (unpaired) electrons. The van der Waals surface area contributed by atoms with Crippen LogP contribution in [-0.2, 0) is 4.74 Å². The second kappa shape index (κ2) is 8.61. The van der Waals surface area contributed by atoms with Crippen LogP contribution in [0.4, 0.5) is 4.79 Å². The van der Waals surface area contributed by atoms with Crippen molar-refractivity contribution >= 4 is 17.9 Å². The molecular weight excluding hydrogens is 308 g/mol. The van der Waals surface area contributed by atoms with Crippen molar-refractivity contribution < 1.29 is 9.53 Å². The minimum Gasteiger partial charge on any atom is -0.444 e. The van der Waals surface area contributed by atoms with E-state index in [1.165, 1.54) is 31.4 Å². The third kappa shape index (κ3) is 6.54. The Bertz CT molecular complexity index is 378. The maximum Gasteiger partial charge on any atom is 0.410 e. The lowest BCUT2D eigenvalue weighted by Gasteiger charge is -2.37. The van der Waals surface area contributed by atoms with Gasteiger partial charge in [0.15, 0.2) is 0 Å². The normalized spacial score (nSPS) is 27.6. The van der Waals surface area contributed by atoms with Crippen LogP contribution in [0, 0.1) is 5.92 Å². The molecule has 4 nitrogen and oxygen atoms in total. The highest BCUT2D eigenvalue weighted by Crippen LogP contribution is 2.26. The van der Waals surface area contributed by atoms with E-state index < -0.39 is 5.60 Å². The molecule has 0 aliphatic carbocycles. The number of piperidine rings is 1. The van der Waals surface area contributed by atoms with Crippen LogP contribution in [0.25, 0.3) is 0 Å². The van der Waals surface area contributed by atoms with Crippen LogP contribution in [-0.4, -0.2) is 53.3 Å². The summed E-state index contributed by atoms with van der Waals surface area (Å²) in [6, 6.07) is 0.461. The number of hydrogen-bond donors (Lipinski definition) is 1. The van der Waals surface area contributed by atoms with Crippen LogP contribution < -0.4 is 5.32 Å². The first-order valence-electron chi connectivity index (χ1n) is 9.18. The molecule has 3 unspecified atom stereocenters. The molecule has 0 aromatic carbocycles. The topological polar surface area (TPSA) is 41.6 Å². The maximum atomic E-state index is 12.3. The summed E-state index contributed by atoms with van der Waals surface area (Å²) in [5, 5.41) is 4.50. The number of carbonyl (C=O) groups is 1. The van der Waals surface area contributed by atoms with E-state index >= 15 is 0 Å². The Labute approximate surface area is 146 Å². The van der Waals surface area contributed by atoms with E-state index in [0.717, 1.165) is 31.3 Å². The third-order valence-electron chi connectivity index (χ3n) is 4.76. The van der Waals surface area contributed by atoms with Gasteiger partial charge in [-0.05, 0) is 65.0 Å². The van der Waals surface area contributed by atoms with Crippen molar-refractivity contribution in [2.75, 3.05) is 25.4 Å². The summed E-state index contributed by atoms with van der Waals surface area (Å²) in [7, 11) is 0. The summed E-state index contributed by atoms with van der Waals surface area (Å²) in [6.45, 7) is 10.8. The molecule has 1 amide bonds. The second-order valence-electron chi connectivity index (χ2n) is 8.01. The van der Waals surface area contributed by atoms with Gasteiger partial charge in [0.1, 0.15) is 5.60 Å². The summed E-state index contributed by atoms with van der Waals surface area (Å²) < 4.78 is 5.52. The van der Waals surface area contributed by atoms with Gasteiger partial charge in [-0.15, -0.1) is 0 Å². The Balaban J connectivity index is 1.76. The average Bonchev–Trinajstić information content (AvgIpc) is 2.52. The Morgan fingerprint density at radius 1 is 1.30 bits per heavy atom. The Kier molecular flexibility index (Phi) is 7.08. The van der Waals surface area contributed by atoms with Gasteiger partial charge in [-0.2, -0.15) is 11.8 Å². The molecule has 2 aliphatic rings. The van der Waals surface area contributed by atoms with Gasteiger partial charge >= 0.3 is 6.09 Å². The number of amides is 1. The fourth-order valence-corrected chi connectivity index (χ4v) is 4.61. The first-order valence-corrected chi connectivity index (χ1v) is 10.2.